The van der Waals surface area contributed by atoms with Crippen molar-refractivity contribution >= 4 is 76.2 Å². The number of hydrogen-bond acceptors (Lipinski definition) is 2. The van der Waals surface area contributed by atoms with E-state index in [1.807, 2.05) is 17.4 Å². The molecule has 0 saturated heterocycles. The third kappa shape index (κ3) is 4.22. The summed E-state index contributed by atoms with van der Waals surface area (Å²) < 4.78 is 2.65. The third-order valence-corrected chi connectivity index (χ3v) is 9.77. The monoisotopic (exact) mass is 567 g/mol. The van der Waals surface area contributed by atoms with E-state index in [0.29, 0.717) is 0 Å². The maximum absolute atomic E-state index is 4.09. The summed E-state index contributed by atoms with van der Waals surface area (Å²) in [6.07, 6.45) is 1.95. The SMILES string of the molecule is C=Cc1cc(N(c2ccc(-c3ccccc3)cc2)c2ccc3sc4c5ccccc5c5ccccc5c4c3c2)ccc1C. The smallest absolute Gasteiger partial charge is 0.0468 e. The summed E-state index contributed by atoms with van der Waals surface area (Å²) in [5.74, 6) is 0. The van der Waals surface area contributed by atoms with Crippen LogP contribution in [0.1, 0.15) is 11.1 Å². The van der Waals surface area contributed by atoms with Gasteiger partial charge in [0.25, 0.3) is 0 Å². The van der Waals surface area contributed by atoms with Gasteiger partial charge in [0.2, 0.25) is 0 Å². The molecule has 0 spiro atoms. The van der Waals surface area contributed by atoms with Crippen LogP contribution in [0.2, 0.25) is 0 Å². The quantitative estimate of drug-likeness (QED) is 0.187. The standard InChI is InChI=1S/C41H29NS/c1-3-28-25-32(20-17-27(28)2)42(31-21-18-30(19-22-31)29-11-5-4-6-12-29)33-23-24-39-38(26-33)40-36-15-9-7-13-34(36)35-14-8-10-16-37(35)41(40)43-39/h3-26H,1H2,2H3. The van der Waals surface area contributed by atoms with Gasteiger partial charge in [0.05, 0.1) is 0 Å². The lowest BCUT2D eigenvalue weighted by Gasteiger charge is -2.26. The molecule has 43 heavy (non-hydrogen) atoms. The van der Waals surface area contributed by atoms with E-state index in [2.05, 4.69) is 158 Å². The van der Waals surface area contributed by atoms with E-state index in [-0.39, 0.29) is 0 Å². The third-order valence-electron chi connectivity index (χ3n) is 8.56. The molecule has 1 aromatic heterocycles. The first-order valence-electron chi connectivity index (χ1n) is 14.6. The second-order valence-corrected chi connectivity index (χ2v) is 12.1. The van der Waals surface area contributed by atoms with Crippen molar-refractivity contribution in [1.29, 1.82) is 0 Å². The number of aryl methyl sites for hydroxylation is 1. The van der Waals surface area contributed by atoms with E-state index in [9.17, 15) is 0 Å². The Balaban J connectivity index is 1.37. The highest BCUT2D eigenvalue weighted by molar-refractivity contribution is 7.27. The molecule has 0 aliphatic carbocycles. The Bertz CT molecular complexity index is 2310. The van der Waals surface area contributed by atoms with Gasteiger partial charge in [0.15, 0.2) is 0 Å². The number of anilines is 3. The first-order valence-corrected chi connectivity index (χ1v) is 15.5. The fraction of sp³-hybridized carbons (Fsp3) is 0.0244. The fourth-order valence-corrected chi connectivity index (χ4v) is 7.64. The Labute approximate surface area is 255 Å². The van der Waals surface area contributed by atoms with Gasteiger partial charge in [-0.25, -0.2) is 0 Å². The van der Waals surface area contributed by atoms with Crippen molar-refractivity contribution in [2.45, 2.75) is 6.92 Å². The van der Waals surface area contributed by atoms with E-state index >= 15 is 0 Å². The molecule has 0 bridgehead atoms. The average Bonchev–Trinajstić information content (AvgIpc) is 3.46. The zero-order valence-corrected chi connectivity index (χ0v) is 24.7. The van der Waals surface area contributed by atoms with Crippen molar-refractivity contribution in [3.63, 3.8) is 0 Å². The van der Waals surface area contributed by atoms with E-state index in [4.69, 9.17) is 0 Å². The molecule has 0 unspecified atom stereocenters. The molecule has 1 nitrogen and oxygen atoms in total. The van der Waals surface area contributed by atoms with E-state index < -0.39 is 0 Å². The van der Waals surface area contributed by atoms with Crippen LogP contribution in [0.25, 0.3) is 58.9 Å². The average molecular weight is 568 g/mol. The van der Waals surface area contributed by atoms with Crippen molar-refractivity contribution in [3.8, 4) is 11.1 Å². The first kappa shape index (κ1) is 25.5. The van der Waals surface area contributed by atoms with Crippen LogP contribution in [0.4, 0.5) is 17.1 Å². The van der Waals surface area contributed by atoms with Gasteiger partial charge in [-0.3, -0.25) is 0 Å². The van der Waals surface area contributed by atoms with Crippen LogP contribution >= 0.6 is 11.3 Å². The molecule has 204 valence electrons. The summed E-state index contributed by atoms with van der Waals surface area (Å²) in [6.45, 7) is 6.23. The second-order valence-electron chi connectivity index (χ2n) is 11.1. The Morgan fingerprint density at radius 2 is 1.12 bits per heavy atom. The first-order chi connectivity index (χ1) is 21.2. The maximum atomic E-state index is 4.09. The maximum Gasteiger partial charge on any atom is 0.0468 e. The van der Waals surface area contributed by atoms with Gasteiger partial charge in [-0.2, -0.15) is 0 Å². The molecule has 0 amide bonds. The summed E-state index contributed by atoms with van der Waals surface area (Å²) in [4.78, 5) is 2.37. The molecule has 0 fully saturated rings. The number of fused-ring (bicyclic) bond motifs is 8. The van der Waals surface area contributed by atoms with Crippen LogP contribution in [-0.2, 0) is 0 Å². The van der Waals surface area contributed by atoms with Gasteiger partial charge < -0.3 is 4.90 Å². The topological polar surface area (TPSA) is 3.24 Å². The molecule has 8 rings (SSSR count). The number of rotatable bonds is 5. The largest absolute Gasteiger partial charge is 0.310 e. The van der Waals surface area contributed by atoms with E-state index in [1.54, 1.807) is 0 Å². The van der Waals surface area contributed by atoms with Crippen molar-refractivity contribution in [2.24, 2.45) is 0 Å². The molecule has 1 heterocycles. The zero-order valence-electron chi connectivity index (χ0n) is 23.9. The highest BCUT2D eigenvalue weighted by Crippen LogP contribution is 2.46. The summed E-state index contributed by atoms with van der Waals surface area (Å²) >= 11 is 1.89. The molecule has 0 saturated carbocycles. The predicted molar refractivity (Wildman–Crippen MR) is 189 cm³/mol. The molecule has 0 radical (unpaired) electrons. The molecule has 2 heteroatoms. The van der Waals surface area contributed by atoms with Gasteiger partial charge in [0, 0.05) is 42.6 Å². The van der Waals surface area contributed by atoms with Crippen molar-refractivity contribution in [1.82, 2.24) is 0 Å². The summed E-state index contributed by atoms with van der Waals surface area (Å²) in [6, 6.07) is 50.7. The van der Waals surface area contributed by atoms with Gasteiger partial charge >= 0.3 is 0 Å². The van der Waals surface area contributed by atoms with Gasteiger partial charge in [0.1, 0.15) is 0 Å². The minimum absolute atomic E-state index is 1.11. The zero-order chi connectivity index (χ0) is 28.9. The molecular formula is C41H29NS. The predicted octanol–water partition coefficient (Wildman–Crippen LogP) is 12.4. The lowest BCUT2D eigenvalue weighted by molar-refractivity contribution is 1.28. The number of nitrogens with zero attached hydrogens (tertiary/aromatic N) is 1. The van der Waals surface area contributed by atoms with Crippen LogP contribution in [0.15, 0.2) is 146 Å². The van der Waals surface area contributed by atoms with Crippen LogP contribution < -0.4 is 4.90 Å². The number of hydrogen-bond donors (Lipinski definition) is 0. The second kappa shape index (κ2) is 10.3. The molecular weight excluding hydrogens is 539 g/mol. The van der Waals surface area contributed by atoms with E-state index in [0.717, 1.165) is 22.6 Å². The summed E-state index contributed by atoms with van der Waals surface area (Å²) in [5, 5.41) is 7.88. The number of thiophene rings is 1. The van der Waals surface area contributed by atoms with Crippen LogP contribution in [-0.4, -0.2) is 0 Å². The summed E-state index contributed by atoms with van der Waals surface area (Å²) in [5.41, 5.74) is 8.15. The fourth-order valence-electron chi connectivity index (χ4n) is 6.40. The molecule has 0 N–H and O–H groups in total. The van der Waals surface area contributed by atoms with Crippen molar-refractivity contribution in [3.05, 3.63) is 157 Å². The van der Waals surface area contributed by atoms with Gasteiger partial charge in [-0.05, 0) is 87.8 Å². The van der Waals surface area contributed by atoms with Gasteiger partial charge in [-0.1, -0.05) is 110 Å². The minimum atomic E-state index is 1.11. The van der Waals surface area contributed by atoms with Crippen LogP contribution in [0.5, 0.6) is 0 Å². The highest BCUT2D eigenvalue weighted by Gasteiger charge is 2.18. The lowest BCUT2D eigenvalue weighted by atomic mass is 9.97. The highest BCUT2D eigenvalue weighted by atomic mass is 32.1. The van der Waals surface area contributed by atoms with Crippen LogP contribution in [0, 0.1) is 6.92 Å². The Morgan fingerprint density at radius 3 is 1.86 bits per heavy atom. The van der Waals surface area contributed by atoms with Crippen molar-refractivity contribution < 1.29 is 0 Å². The summed E-state index contributed by atoms with van der Waals surface area (Å²) in [7, 11) is 0. The van der Waals surface area contributed by atoms with Gasteiger partial charge in [-0.15, -0.1) is 11.3 Å². The van der Waals surface area contributed by atoms with Crippen LogP contribution in [0.3, 0.4) is 0 Å². The lowest BCUT2D eigenvalue weighted by Crippen LogP contribution is -2.10. The molecule has 0 aliphatic rings. The molecule has 0 aliphatic heterocycles. The normalized spacial score (nSPS) is 11.5. The molecule has 0 atom stereocenters. The van der Waals surface area contributed by atoms with E-state index in [1.165, 1.54) is 58.4 Å². The van der Waals surface area contributed by atoms with Crippen molar-refractivity contribution in [2.75, 3.05) is 4.90 Å². The molecule has 7 aromatic carbocycles. The Hall–Kier alpha value is -5.18. The molecule has 8 aromatic rings. The Kier molecular flexibility index (Phi) is 6.10. The number of benzene rings is 7. The minimum Gasteiger partial charge on any atom is -0.310 e. The Morgan fingerprint density at radius 1 is 0.535 bits per heavy atom.